The van der Waals surface area contributed by atoms with Crippen LogP contribution in [-0.4, -0.2) is 42.0 Å². The maximum atomic E-state index is 12.2. The van der Waals surface area contributed by atoms with Crippen LogP contribution in [0, 0.1) is 18.3 Å². The van der Waals surface area contributed by atoms with Crippen LogP contribution in [0.5, 0.6) is 0 Å². The van der Waals surface area contributed by atoms with Crippen molar-refractivity contribution in [3.8, 4) is 11.8 Å². The molecule has 0 aliphatic heterocycles. The number of nitriles is 1. The van der Waals surface area contributed by atoms with E-state index in [2.05, 4.69) is 35.9 Å². The molecule has 0 bridgehead atoms. The SMILES string of the molecule is Cc1cnc(N[C@H]2CC[C@H](Nc3ccc(-n4nccc(C#N)c4=O)cn3)C2)nn1. The summed E-state index contributed by atoms with van der Waals surface area (Å²) in [5.41, 5.74) is 0.870. The Morgan fingerprint density at radius 2 is 1.93 bits per heavy atom. The monoisotopic (exact) mass is 389 g/mol. The molecule has 1 aliphatic carbocycles. The second-order valence-electron chi connectivity index (χ2n) is 6.89. The summed E-state index contributed by atoms with van der Waals surface area (Å²) in [5, 5.41) is 27.8. The highest BCUT2D eigenvalue weighted by Gasteiger charge is 2.25. The molecule has 0 radical (unpaired) electrons. The molecule has 4 rings (SSSR count). The number of hydrogen-bond donors (Lipinski definition) is 2. The van der Waals surface area contributed by atoms with Gasteiger partial charge in [-0.2, -0.15) is 20.1 Å². The molecule has 2 N–H and O–H groups in total. The third-order valence-corrected chi connectivity index (χ3v) is 4.75. The second-order valence-corrected chi connectivity index (χ2v) is 6.89. The fourth-order valence-corrected chi connectivity index (χ4v) is 3.31. The Balaban J connectivity index is 1.38. The van der Waals surface area contributed by atoms with E-state index in [0.717, 1.165) is 30.8 Å². The van der Waals surface area contributed by atoms with Gasteiger partial charge in [0.1, 0.15) is 17.5 Å². The minimum absolute atomic E-state index is 0.0412. The Labute approximate surface area is 166 Å². The summed E-state index contributed by atoms with van der Waals surface area (Å²) in [5.74, 6) is 1.26. The van der Waals surface area contributed by atoms with Crippen LogP contribution in [0.1, 0.15) is 30.5 Å². The number of pyridine rings is 1. The van der Waals surface area contributed by atoms with E-state index in [9.17, 15) is 4.79 Å². The first-order valence-corrected chi connectivity index (χ1v) is 9.26. The Morgan fingerprint density at radius 1 is 1.10 bits per heavy atom. The summed E-state index contributed by atoms with van der Waals surface area (Å²) in [6, 6.07) is 7.35. The average Bonchev–Trinajstić information content (AvgIpc) is 3.17. The standard InChI is InChI=1S/C19H19N9O/c1-12-10-22-19(27-26-12)25-15-3-2-14(8-15)24-17-5-4-16(11-21-17)28-18(29)13(9-20)6-7-23-28/h4-7,10-11,14-15H,2-3,8H2,1H3,(H,21,24)(H,22,25,27)/t14-,15-/m0/s1. The lowest BCUT2D eigenvalue weighted by atomic mass is 10.2. The lowest BCUT2D eigenvalue weighted by Crippen LogP contribution is -2.23. The van der Waals surface area contributed by atoms with E-state index < -0.39 is 5.56 Å². The normalized spacial score (nSPS) is 18.2. The summed E-state index contributed by atoms with van der Waals surface area (Å²) < 4.78 is 1.17. The molecule has 0 amide bonds. The van der Waals surface area contributed by atoms with Crippen LogP contribution >= 0.6 is 0 Å². The lowest BCUT2D eigenvalue weighted by Gasteiger charge is -2.15. The molecular weight excluding hydrogens is 370 g/mol. The zero-order chi connectivity index (χ0) is 20.2. The molecule has 29 heavy (non-hydrogen) atoms. The summed E-state index contributed by atoms with van der Waals surface area (Å²) in [7, 11) is 0. The van der Waals surface area contributed by atoms with E-state index in [1.165, 1.54) is 16.9 Å². The van der Waals surface area contributed by atoms with E-state index in [0.29, 0.717) is 11.6 Å². The highest BCUT2D eigenvalue weighted by molar-refractivity contribution is 5.42. The van der Waals surface area contributed by atoms with Crippen molar-refractivity contribution < 1.29 is 0 Å². The molecule has 0 saturated heterocycles. The Morgan fingerprint density at radius 3 is 2.62 bits per heavy atom. The van der Waals surface area contributed by atoms with Gasteiger partial charge in [-0.3, -0.25) is 4.79 Å². The Bertz CT molecular complexity index is 1090. The molecule has 3 aromatic heterocycles. The van der Waals surface area contributed by atoms with Gasteiger partial charge in [-0.15, -0.1) is 5.10 Å². The van der Waals surface area contributed by atoms with Gasteiger partial charge in [-0.05, 0) is 44.4 Å². The number of rotatable bonds is 5. The number of nitrogens with one attached hydrogen (secondary N) is 2. The maximum Gasteiger partial charge on any atom is 0.289 e. The Hall–Kier alpha value is -3.87. The lowest BCUT2D eigenvalue weighted by molar-refractivity contribution is 0.712. The van der Waals surface area contributed by atoms with E-state index >= 15 is 0 Å². The molecule has 0 aromatic carbocycles. The first-order chi connectivity index (χ1) is 14.1. The van der Waals surface area contributed by atoms with E-state index in [4.69, 9.17) is 5.26 Å². The maximum absolute atomic E-state index is 12.2. The summed E-state index contributed by atoms with van der Waals surface area (Å²) >= 11 is 0. The molecule has 0 unspecified atom stereocenters. The van der Waals surface area contributed by atoms with Crippen molar-refractivity contribution in [2.24, 2.45) is 0 Å². The van der Waals surface area contributed by atoms with Gasteiger partial charge in [0.05, 0.1) is 23.8 Å². The molecule has 2 atom stereocenters. The predicted octanol–water partition coefficient (Wildman–Crippen LogP) is 1.44. The number of nitrogens with zero attached hydrogens (tertiary/aromatic N) is 7. The molecule has 3 aromatic rings. The van der Waals surface area contributed by atoms with Crippen molar-refractivity contribution in [1.82, 2.24) is 29.9 Å². The second kappa shape index (κ2) is 8.02. The molecular formula is C19H19N9O. The molecule has 3 heterocycles. The smallest absolute Gasteiger partial charge is 0.289 e. The van der Waals surface area contributed by atoms with Gasteiger partial charge in [-0.1, -0.05) is 0 Å². The van der Waals surface area contributed by atoms with Gasteiger partial charge in [0.2, 0.25) is 5.95 Å². The molecule has 1 fully saturated rings. The van der Waals surface area contributed by atoms with Crippen LogP contribution in [0.3, 0.4) is 0 Å². The first-order valence-electron chi connectivity index (χ1n) is 9.26. The summed E-state index contributed by atoms with van der Waals surface area (Å²) in [6.07, 6.45) is 7.57. The minimum Gasteiger partial charge on any atom is -0.367 e. The molecule has 146 valence electrons. The van der Waals surface area contributed by atoms with E-state index in [-0.39, 0.29) is 17.6 Å². The van der Waals surface area contributed by atoms with Gasteiger partial charge in [0, 0.05) is 18.3 Å². The number of aromatic nitrogens is 6. The van der Waals surface area contributed by atoms with Crippen molar-refractivity contribution in [2.75, 3.05) is 10.6 Å². The van der Waals surface area contributed by atoms with Gasteiger partial charge in [0.25, 0.3) is 5.56 Å². The van der Waals surface area contributed by atoms with Crippen LogP contribution < -0.4 is 16.2 Å². The number of aryl methyl sites for hydroxylation is 1. The van der Waals surface area contributed by atoms with Crippen molar-refractivity contribution in [3.63, 3.8) is 0 Å². The molecule has 1 aliphatic rings. The quantitative estimate of drug-likeness (QED) is 0.664. The number of hydrogen-bond acceptors (Lipinski definition) is 9. The van der Waals surface area contributed by atoms with Crippen LogP contribution in [-0.2, 0) is 0 Å². The van der Waals surface area contributed by atoms with Crippen molar-refractivity contribution >= 4 is 11.8 Å². The Kier molecular flexibility index (Phi) is 5.11. The zero-order valence-electron chi connectivity index (χ0n) is 15.8. The fraction of sp³-hybridized carbons (Fsp3) is 0.316. The van der Waals surface area contributed by atoms with Crippen LogP contribution in [0.15, 0.2) is 41.6 Å². The highest BCUT2D eigenvalue weighted by atomic mass is 16.1. The fourth-order valence-electron chi connectivity index (χ4n) is 3.31. The van der Waals surface area contributed by atoms with E-state index in [1.54, 1.807) is 24.5 Å². The first kappa shape index (κ1) is 18.5. The molecule has 10 nitrogen and oxygen atoms in total. The van der Waals surface area contributed by atoms with Gasteiger partial charge < -0.3 is 10.6 Å². The van der Waals surface area contributed by atoms with Gasteiger partial charge in [-0.25, -0.2) is 9.97 Å². The highest BCUT2D eigenvalue weighted by Crippen LogP contribution is 2.24. The zero-order valence-corrected chi connectivity index (χ0v) is 15.8. The summed E-state index contributed by atoms with van der Waals surface area (Å²) in [6.45, 7) is 1.85. The van der Waals surface area contributed by atoms with E-state index in [1.807, 2.05) is 13.0 Å². The third kappa shape index (κ3) is 4.19. The summed E-state index contributed by atoms with van der Waals surface area (Å²) in [4.78, 5) is 20.8. The van der Waals surface area contributed by atoms with Crippen LogP contribution in [0.2, 0.25) is 0 Å². The molecule has 10 heteroatoms. The minimum atomic E-state index is -0.463. The largest absolute Gasteiger partial charge is 0.367 e. The van der Waals surface area contributed by atoms with Crippen molar-refractivity contribution in [1.29, 1.82) is 5.26 Å². The molecule has 0 spiro atoms. The van der Waals surface area contributed by atoms with Crippen LogP contribution in [0.25, 0.3) is 5.69 Å². The van der Waals surface area contributed by atoms with Gasteiger partial charge in [0.15, 0.2) is 0 Å². The topological polar surface area (TPSA) is 134 Å². The molecule has 1 saturated carbocycles. The van der Waals surface area contributed by atoms with Gasteiger partial charge >= 0.3 is 0 Å². The number of anilines is 2. The van der Waals surface area contributed by atoms with Crippen LogP contribution in [0.4, 0.5) is 11.8 Å². The average molecular weight is 389 g/mol. The predicted molar refractivity (Wildman–Crippen MR) is 106 cm³/mol. The van der Waals surface area contributed by atoms with Crippen molar-refractivity contribution in [2.45, 2.75) is 38.3 Å². The third-order valence-electron chi connectivity index (χ3n) is 4.75. The van der Waals surface area contributed by atoms with Crippen molar-refractivity contribution in [3.05, 3.63) is 58.4 Å².